The second-order valence-corrected chi connectivity index (χ2v) is 6.25. The molecule has 20 heavy (non-hydrogen) atoms. The van der Waals surface area contributed by atoms with Crippen LogP contribution in [0.2, 0.25) is 0 Å². The molecule has 0 spiro atoms. The highest BCUT2D eigenvalue weighted by molar-refractivity contribution is 5.85. The zero-order chi connectivity index (χ0) is 13.8. The summed E-state index contributed by atoms with van der Waals surface area (Å²) in [5.41, 5.74) is 0. The average molecular weight is 304 g/mol. The highest BCUT2D eigenvalue weighted by Crippen LogP contribution is 2.24. The van der Waals surface area contributed by atoms with Crippen molar-refractivity contribution in [3.63, 3.8) is 0 Å². The van der Waals surface area contributed by atoms with Gasteiger partial charge in [-0.05, 0) is 59.5 Å². The van der Waals surface area contributed by atoms with E-state index in [1.165, 1.54) is 19.3 Å². The van der Waals surface area contributed by atoms with Crippen LogP contribution in [0, 0.1) is 0 Å². The van der Waals surface area contributed by atoms with E-state index in [9.17, 15) is 4.79 Å². The number of amides is 1. The van der Waals surface area contributed by atoms with Crippen LogP contribution >= 0.6 is 12.4 Å². The minimum absolute atomic E-state index is 0. The topological polar surface area (TPSA) is 35.6 Å². The Balaban J connectivity index is 0.00000200. The number of carbonyl (C=O) groups excluding carboxylic acids is 1. The number of piperidine rings is 1. The summed E-state index contributed by atoms with van der Waals surface area (Å²) in [7, 11) is 1.99. The summed E-state index contributed by atoms with van der Waals surface area (Å²) < 4.78 is 0. The Kier molecular flexibility index (Phi) is 7.27. The predicted octanol–water partition coefficient (Wildman–Crippen LogP) is 1.88. The van der Waals surface area contributed by atoms with Crippen molar-refractivity contribution >= 4 is 18.3 Å². The fraction of sp³-hybridized carbons (Fsp3) is 0.933. The fourth-order valence-corrected chi connectivity index (χ4v) is 3.74. The molecule has 0 bridgehead atoms. The molecule has 2 aliphatic heterocycles. The third-order valence-electron chi connectivity index (χ3n) is 4.76. The largest absolute Gasteiger partial charge is 0.336 e. The Bertz CT molecular complexity index is 303. The Hall–Kier alpha value is -0.320. The van der Waals surface area contributed by atoms with Gasteiger partial charge < -0.3 is 10.2 Å². The van der Waals surface area contributed by atoms with Gasteiger partial charge in [0.15, 0.2) is 0 Å². The predicted molar refractivity (Wildman–Crippen MR) is 85.4 cm³/mol. The average Bonchev–Trinajstić information content (AvgIpc) is 2.77. The van der Waals surface area contributed by atoms with Crippen LogP contribution in [-0.2, 0) is 4.79 Å². The second-order valence-electron chi connectivity index (χ2n) is 6.25. The number of nitrogens with one attached hydrogen (secondary N) is 1. The molecule has 5 heteroatoms. The SMILES string of the molecule is CNCC1CCCN1CC(=O)N1C(C)CCCC1C.Cl. The lowest BCUT2D eigenvalue weighted by Gasteiger charge is -2.40. The number of halogens is 1. The van der Waals surface area contributed by atoms with E-state index in [2.05, 4.69) is 29.0 Å². The molecular formula is C15H30ClN3O. The van der Waals surface area contributed by atoms with Gasteiger partial charge in [-0.3, -0.25) is 9.69 Å². The van der Waals surface area contributed by atoms with E-state index in [-0.39, 0.29) is 12.4 Å². The summed E-state index contributed by atoms with van der Waals surface area (Å²) in [5.74, 6) is 0.336. The highest BCUT2D eigenvalue weighted by Gasteiger charge is 2.32. The Morgan fingerprint density at radius 3 is 2.40 bits per heavy atom. The Labute approximate surface area is 129 Å². The molecular weight excluding hydrogens is 274 g/mol. The van der Waals surface area contributed by atoms with Crippen LogP contribution in [0.1, 0.15) is 46.0 Å². The Morgan fingerprint density at radius 2 is 1.80 bits per heavy atom. The summed E-state index contributed by atoms with van der Waals surface area (Å²) in [6.07, 6.45) is 6.04. The summed E-state index contributed by atoms with van der Waals surface area (Å²) in [6.45, 7) is 7.08. The van der Waals surface area contributed by atoms with E-state index in [1.807, 2.05) is 7.05 Å². The first-order valence-electron chi connectivity index (χ1n) is 7.83. The smallest absolute Gasteiger partial charge is 0.237 e. The zero-order valence-corrected chi connectivity index (χ0v) is 13.9. The maximum atomic E-state index is 12.6. The molecule has 0 aromatic rings. The number of likely N-dealkylation sites (tertiary alicyclic amines) is 2. The molecule has 0 aliphatic carbocycles. The van der Waals surface area contributed by atoms with Gasteiger partial charge in [0.25, 0.3) is 0 Å². The van der Waals surface area contributed by atoms with Crippen molar-refractivity contribution in [1.82, 2.24) is 15.1 Å². The van der Waals surface area contributed by atoms with Crippen molar-refractivity contribution in [1.29, 1.82) is 0 Å². The minimum Gasteiger partial charge on any atom is -0.336 e. The normalized spacial score (nSPS) is 31.1. The maximum Gasteiger partial charge on any atom is 0.237 e. The van der Waals surface area contributed by atoms with Gasteiger partial charge in [-0.15, -0.1) is 12.4 Å². The van der Waals surface area contributed by atoms with Gasteiger partial charge in [-0.25, -0.2) is 0 Å². The van der Waals surface area contributed by atoms with E-state index in [4.69, 9.17) is 0 Å². The van der Waals surface area contributed by atoms with Crippen LogP contribution in [0.3, 0.4) is 0 Å². The fourth-order valence-electron chi connectivity index (χ4n) is 3.74. The zero-order valence-electron chi connectivity index (χ0n) is 13.1. The number of rotatable bonds is 4. The molecule has 2 rings (SSSR count). The number of carbonyl (C=O) groups is 1. The van der Waals surface area contributed by atoms with Crippen LogP contribution in [-0.4, -0.2) is 60.5 Å². The number of hydrogen-bond acceptors (Lipinski definition) is 3. The van der Waals surface area contributed by atoms with Gasteiger partial charge in [-0.2, -0.15) is 0 Å². The molecule has 1 N–H and O–H groups in total. The highest BCUT2D eigenvalue weighted by atomic mass is 35.5. The molecule has 2 heterocycles. The lowest BCUT2D eigenvalue weighted by atomic mass is 9.97. The Morgan fingerprint density at radius 1 is 1.15 bits per heavy atom. The van der Waals surface area contributed by atoms with Gasteiger partial charge in [0.1, 0.15) is 0 Å². The summed E-state index contributed by atoms with van der Waals surface area (Å²) in [5, 5.41) is 3.24. The second kappa shape index (κ2) is 8.20. The molecule has 0 aromatic carbocycles. The molecule has 118 valence electrons. The summed E-state index contributed by atoms with van der Waals surface area (Å²) in [4.78, 5) is 17.1. The molecule has 2 saturated heterocycles. The summed E-state index contributed by atoms with van der Waals surface area (Å²) >= 11 is 0. The first kappa shape index (κ1) is 17.7. The monoisotopic (exact) mass is 303 g/mol. The van der Waals surface area contributed by atoms with Crippen LogP contribution in [0.4, 0.5) is 0 Å². The molecule has 0 radical (unpaired) electrons. The van der Waals surface area contributed by atoms with Gasteiger partial charge in [0, 0.05) is 24.7 Å². The molecule has 4 nitrogen and oxygen atoms in total. The van der Waals surface area contributed by atoms with Crippen LogP contribution < -0.4 is 5.32 Å². The van der Waals surface area contributed by atoms with Crippen molar-refractivity contribution in [3.8, 4) is 0 Å². The van der Waals surface area contributed by atoms with Crippen molar-refractivity contribution in [3.05, 3.63) is 0 Å². The van der Waals surface area contributed by atoms with Crippen LogP contribution in [0.15, 0.2) is 0 Å². The third-order valence-corrected chi connectivity index (χ3v) is 4.76. The van der Waals surface area contributed by atoms with E-state index >= 15 is 0 Å². The lowest BCUT2D eigenvalue weighted by molar-refractivity contribution is -0.138. The van der Waals surface area contributed by atoms with Crippen molar-refractivity contribution in [2.75, 3.05) is 26.7 Å². The number of likely N-dealkylation sites (N-methyl/N-ethyl adjacent to an activating group) is 1. The molecule has 3 atom stereocenters. The van der Waals surface area contributed by atoms with Gasteiger partial charge in [0.05, 0.1) is 6.54 Å². The quantitative estimate of drug-likeness (QED) is 0.861. The number of nitrogens with zero attached hydrogens (tertiary/aromatic N) is 2. The van der Waals surface area contributed by atoms with E-state index in [1.54, 1.807) is 0 Å². The molecule has 2 aliphatic rings. The van der Waals surface area contributed by atoms with Crippen LogP contribution in [0.25, 0.3) is 0 Å². The molecule has 2 fully saturated rings. The minimum atomic E-state index is 0. The van der Waals surface area contributed by atoms with Crippen molar-refractivity contribution in [2.24, 2.45) is 0 Å². The van der Waals surface area contributed by atoms with E-state index in [0.717, 1.165) is 25.9 Å². The summed E-state index contributed by atoms with van der Waals surface area (Å²) in [6, 6.07) is 1.38. The van der Waals surface area contributed by atoms with Crippen molar-refractivity contribution in [2.45, 2.75) is 64.1 Å². The molecule has 1 amide bonds. The first-order chi connectivity index (χ1) is 9.13. The van der Waals surface area contributed by atoms with E-state index < -0.39 is 0 Å². The van der Waals surface area contributed by atoms with E-state index in [0.29, 0.717) is 30.6 Å². The number of hydrogen-bond donors (Lipinski definition) is 1. The third kappa shape index (κ3) is 4.09. The van der Waals surface area contributed by atoms with Gasteiger partial charge >= 0.3 is 0 Å². The maximum absolute atomic E-state index is 12.6. The first-order valence-corrected chi connectivity index (χ1v) is 7.83. The van der Waals surface area contributed by atoms with Crippen LogP contribution in [0.5, 0.6) is 0 Å². The van der Waals surface area contributed by atoms with Crippen molar-refractivity contribution < 1.29 is 4.79 Å². The lowest BCUT2D eigenvalue weighted by Crippen LogP contribution is -2.52. The van der Waals surface area contributed by atoms with Gasteiger partial charge in [-0.1, -0.05) is 0 Å². The standard InChI is InChI=1S/C15H29N3O.ClH/c1-12-6-4-7-13(2)18(12)15(19)11-17-9-5-8-14(17)10-16-3;/h12-14,16H,4-11H2,1-3H3;1H. The van der Waals surface area contributed by atoms with Gasteiger partial charge in [0.2, 0.25) is 5.91 Å². The molecule has 0 aromatic heterocycles. The molecule has 3 unspecified atom stereocenters. The molecule has 0 saturated carbocycles.